The highest BCUT2D eigenvalue weighted by molar-refractivity contribution is 7.99. The number of thioether (sulfide) groups is 1. The zero-order chi connectivity index (χ0) is 18.2. The van der Waals surface area contributed by atoms with Crippen LogP contribution in [0.3, 0.4) is 0 Å². The summed E-state index contributed by atoms with van der Waals surface area (Å²) in [6, 6.07) is 13.8. The third-order valence-corrected chi connectivity index (χ3v) is 4.59. The predicted molar refractivity (Wildman–Crippen MR) is 99.9 cm³/mol. The molecular formula is C19H21FN2O2S. The van der Waals surface area contributed by atoms with Gasteiger partial charge in [0.15, 0.2) is 0 Å². The zero-order valence-corrected chi connectivity index (χ0v) is 14.9. The van der Waals surface area contributed by atoms with Crippen molar-refractivity contribution in [1.29, 1.82) is 0 Å². The fourth-order valence-electron chi connectivity index (χ4n) is 2.38. The molecule has 6 heteroatoms. The summed E-state index contributed by atoms with van der Waals surface area (Å²) < 4.78 is 13.1. The van der Waals surface area contributed by atoms with Gasteiger partial charge in [-0.05, 0) is 36.8 Å². The molecule has 0 heterocycles. The van der Waals surface area contributed by atoms with Gasteiger partial charge in [-0.15, -0.1) is 11.8 Å². The minimum atomic E-state index is -0.479. The molecule has 0 unspecified atom stereocenters. The Morgan fingerprint density at radius 3 is 2.52 bits per heavy atom. The van der Waals surface area contributed by atoms with Gasteiger partial charge in [-0.1, -0.05) is 29.8 Å². The first-order chi connectivity index (χ1) is 12.0. The molecule has 132 valence electrons. The van der Waals surface area contributed by atoms with Crippen molar-refractivity contribution in [2.45, 2.75) is 19.1 Å². The van der Waals surface area contributed by atoms with Crippen LogP contribution in [0.2, 0.25) is 0 Å². The summed E-state index contributed by atoms with van der Waals surface area (Å²) in [5, 5.41) is 0. The van der Waals surface area contributed by atoms with E-state index in [1.807, 2.05) is 25.1 Å². The van der Waals surface area contributed by atoms with E-state index in [9.17, 15) is 14.0 Å². The van der Waals surface area contributed by atoms with Gasteiger partial charge in [-0.25, -0.2) is 4.39 Å². The van der Waals surface area contributed by atoms with Crippen LogP contribution in [0.1, 0.15) is 17.5 Å². The van der Waals surface area contributed by atoms with Gasteiger partial charge >= 0.3 is 0 Å². The lowest BCUT2D eigenvalue weighted by atomic mass is 10.2. The molecule has 2 N–H and O–H groups in total. The number of hydrogen-bond acceptors (Lipinski definition) is 3. The molecule has 0 atom stereocenters. The van der Waals surface area contributed by atoms with Gasteiger partial charge in [0.05, 0.1) is 5.75 Å². The molecule has 0 aliphatic carbocycles. The van der Waals surface area contributed by atoms with E-state index in [-0.39, 0.29) is 30.4 Å². The maximum atomic E-state index is 13.1. The van der Waals surface area contributed by atoms with Crippen molar-refractivity contribution in [2.75, 3.05) is 17.2 Å². The number of carbonyl (C=O) groups is 2. The number of carbonyl (C=O) groups excluding carboxylic acids is 2. The molecule has 2 aromatic carbocycles. The number of aryl methyl sites for hydroxylation is 1. The molecule has 0 bridgehead atoms. The number of rotatable bonds is 8. The molecule has 0 saturated heterocycles. The minimum Gasteiger partial charge on any atom is -0.370 e. The molecule has 0 fully saturated rings. The second-order valence-corrected chi connectivity index (χ2v) is 6.71. The molecule has 2 aromatic rings. The molecule has 2 rings (SSSR count). The smallest absolute Gasteiger partial charge is 0.236 e. The topological polar surface area (TPSA) is 63.4 Å². The molecular weight excluding hydrogens is 339 g/mol. The Labute approximate surface area is 151 Å². The van der Waals surface area contributed by atoms with Gasteiger partial charge in [0, 0.05) is 24.4 Å². The Kier molecular flexibility index (Phi) is 7.01. The molecule has 0 aromatic heterocycles. The van der Waals surface area contributed by atoms with E-state index in [2.05, 4.69) is 6.07 Å². The van der Waals surface area contributed by atoms with Crippen LogP contribution < -0.4 is 10.6 Å². The quantitative estimate of drug-likeness (QED) is 0.786. The second kappa shape index (κ2) is 9.22. The van der Waals surface area contributed by atoms with E-state index in [1.165, 1.54) is 46.5 Å². The standard InChI is InChI=1S/C19H21FN2O2S/c1-14-3-2-4-15(11-14)12-25-13-19(24)22(10-9-18(21)23)17-7-5-16(20)6-8-17/h2-8,11H,9-10,12-13H2,1H3,(H2,21,23). The van der Waals surface area contributed by atoms with Crippen LogP contribution in [0.15, 0.2) is 48.5 Å². The number of hydrogen-bond donors (Lipinski definition) is 1. The van der Waals surface area contributed by atoms with Crippen LogP contribution in [-0.4, -0.2) is 24.1 Å². The molecule has 0 aliphatic heterocycles. The zero-order valence-electron chi connectivity index (χ0n) is 14.1. The first-order valence-electron chi connectivity index (χ1n) is 7.93. The van der Waals surface area contributed by atoms with Crippen molar-refractivity contribution < 1.29 is 14.0 Å². The molecule has 0 aliphatic rings. The lowest BCUT2D eigenvalue weighted by Gasteiger charge is -2.22. The van der Waals surface area contributed by atoms with Gasteiger partial charge in [0.25, 0.3) is 0 Å². The summed E-state index contributed by atoms with van der Waals surface area (Å²) in [7, 11) is 0. The average molecular weight is 360 g/mol. The Balaban J connectivity index is 1.99. The summed E-state index contributed by atoms with van der Waals surface area (Å²) in [4.78, 5) is 25.1. The van der Waals surface area contributed by atoms with Crippen LogP contribution in [0, 0.1) is 12.7 Å². The number of primary amides is 1. The van der Waals surface area contributed by atoms with Crippen molar-refractivity contribution in [2.24, 2.45) is 5.73 Å². The summed E-state index contributed by atoms with van der Waals surface area (Å²) >= 11 is 1.50. The van der Waals surface area contributed by atoms with Crippen LogP contribution in [0.5, 0.6) is 0 Å². The van der Waals surface area contributed by atoms with Crippen molar-refractivity contribution in [3.8, 4) is 0 Å². The highest BCUT2D eigenvalue weighted by Crippen LogP contribution is 2.19. The fourth-order valence-corrected chi connectivity index (χ4v) is 3.22. The molecule has 0 saturated carbocycles. The maximum absolute atomic E-state index is 13.1. The molecule has 0 radical (unpaired) electrons. The lowest BCUT2D eigenvalue weighted by Crippen LogP contribution is -2.35. The third-order valence-electron chi connectivity index (χ3n) is 3.60. The van der Waals surface area contributed by atoms with Crippen LogP contribution >= 0.6 is 11.8 Å². The highest BCUT2D eigenvalue weighted by atomic mass is 32.2. The normalized spacial score (nSPS) is 10.5. The van der Waals surface area contributed by atoms with Gasteiger partial charge < -0.3 is 10.6 Å². The van der Waals surface area contributed by atoms with E-state index >= 15 is 0 Å². The highest BCUT2D eigenvalue weighted by Gasteiger charge is 2.16. The number of benzene rings is 2. The van der Waals surface area contributed by atoms with Crippen LogP contribution in [-0.2, 0) is 15.3 Å². The minimum absolute atomic E-state index is 0.0612. The Bertz CT molecular complexity index is 734. The number of anilines is 1. The molecule has 25 heavy (non-hydrogen) atoms. The van der Waals surface area contributed by atoms with Crippen molar-refractivity contribution in [3.05, 3.63) is 65.5 Å². The average Bonchev–Trinajstić information content (AvgIpc) is 2.56. The molecule has 2 amide bonds. The fraction of sp³-hybridized carbons (Fsp3) is 0.263. The Morgan fingerprint density at radius 1 is 1.16 bits per heavy atom. The van der Waals surface area contributed by atoms with Gasteiger partial charge in [0.2, 0.25) is 11.8 Å². The number of nitrogens with zero attached hydrogens (tertiary/aromatic N) is 1. The van der Waals surface area contributed by atoms with Gasteiger partial charge in [0.1, 0.15) is 5.82 Å². The first-order valence-corrected chi connectivity index (χ1v) is 9.08. The Morgan fingerprint density at radius 2 is 1.88 bits per heavy atom. The lowest BCUT2D eigenvalue weighted by molar-refractivity contribution is -0.118. The largest absolute Gasteiger partial charge is 0.370 e. The SMILES string of the molecule is Cc1cccc(CSCC(=O)N(CCC(N)=O)c2ccc(F)cc2)c1. The van der Waals surface area contributed by atoms with E-state index in [4.69, 9.17) is 5.73 Å². The first kappa shape index (κ1) is 19.0. The van der Waals surface area contributed by atoms with E-state index in [0.29, 0.717) is 5.69 Å². The van der Waals surface area contributed by atoms with E-state index in [0.717, 1.165) is 11.3 Å². The second-order valence-electron chi connectivity index (χ2n) is 5.72. The predicted octanol–water partition coefficient (Wildman–Crippen LogP) is 3.28. The van der Waals surface area contributed by atoms with Gasteiger partial charge in [-0.3, -0.25) is 9.59 Å². The summed E-state index contributed by atoms with van der Waals surface area (Å²) in [6.07, 6.45) is 0.0612. The van der Waals surface area contributed by atoms with Crippen LogP contribution in [0.25, 0.3) is 0 Å². The van der Waals surface area contributed by atoms with Gasteiger partial charge in [-0.2, -0.15) is 0 Å². The molecule has 0 spiro atoms. The van der Waals surface area contributed by atoms with Crippen molar-refractivity contribution in [3.63, 3.8) is 0 Å². The maximum Gasteiger partial charge on any atom is 0.236 e. The summed E-state index contributed by atoms with van der Waals surface area (Å²) in [5.41, 5.74) is 8.09. The van der Waals surface area contributed by atoms with E-state index < -0.39 is 5.91 Å². The summed E-state index contributed by atoms with van der Waals surface area (Å²) in [5.74, 6) is 0.00242. The van der Waals surface area contributed by atoms with E-state index in [1.54, 1.807) is 0 Å². The van der Waals surface area contributed by atoms with Crippen molar-refractivity contribution >= 4 is 29.3 Å². The van der Waals surface area contributed by atoms with Crippen molar-refractivity contribution in [1.82, 2.24) is 0 Å². The van der Waals surface area contributed by atoms with Crippen LogP contribution in [0.4, 0.5) is 10.1 Å². The molecule has 4 nitrogen and oxygen atoms in total. The Hall–Kier alpha value is -2.34. The number of halogens is 1. The third kappa shape index (κ3) is 6.23. The number of nitrogens with two attached hydrogens (primary N) is 1. The summed E-state index contributed by atoms with van der Waals surface area (Å²) in [6.45, 7) is 2.21. The number of amides is 2. The monoisotopic (exact) mass is 360 g/mol.